The number of aromatic amines is 1. The molecule has 0 saturated heterocycles. The molecule has 5 aromatic rings. The summed E-state index contributed by atoms with van der Waals surface area (Å²) in [6, 6.07) is 32.3. The average Bonchev–Trinajstić information content (AvgIpc) is 3.51. The van der Waals surface area contributed by atoms with Gasteiger partial charge in [-0.05, 0) is 41.5 Å². The highest BCUT2D eigenvalue weighted by atomic mass is 16.5. The third-order valence-corrected chi connectivity index (χ3v) is 6.19. The molecule has 40 heavy (non-hydrogen) atoms. The lowest BCUT2D eigenvalue weighted by molar-refractivity contribution is 0.102. The first-order valence-electron chi connectivity index (χ1n) is 12.7. The fourth-order valence-corrected chi connectivity index (χ4v) is 4.07. The van der Waals surface area contributed by atoms with Crippen molar-refractivity contribution in [2.24, 2.45) is 0 Å². The van der Waals surface area contributed by atoms with Gasteiger partial charge < -0.3 is 24.3 Å². The quantitative estimate of drug-likeness (QED) is 0.200. The van der Waals surface area contributed by atoms with Crippen LogP contribution in [0.1, 0.15) is 21.6 Å². The van der Waals surface area contributed by atoms with E-state index in [-0.39, 0.29) is 11.6 Å². The lowest BCUT2D eigenvalue weighted by Gasteiger charge is -2.13. The van der Waals surface area contributed by atoms with E-state index in [1.165, 1.54) is 7.11 Å². The number of anilines is 1. The van der Waals surface area contributed by atoms with Crippen LogP contribution in [0.15, 0.2) is 103 Å². The van der Waals surface area contributed by atoms with Gasteiger partial charge in [-0.15, -0.1) is 0 Å². The molecular formula is C32H29N3O5. The number of benzene rings is 4. The number of amides is 1. The summed E-state index contributed by atoms with van der Waals surface area (Å²) < 4.78 is 22.9. The van der Waals surface area contributed by atoms with Crippen molar-refractivity contribution in [1.82, 2.24) is 10.2 Å². The van der Waals surface area contributed by atoms with Gasteiger partial charge in [0.1, 0.15) is 41.9 Å². The predicted octanol–water partition coefficient (Wildman–Crippen LogP) is 6.50. The van der Waals surface area contributed by atoms with E-state index in [0.717, 1.165) is 16.7 Å². The fourth-order valence-electron chi connectivity index (χ4n) is 4.07. The predicted molar refractivity (Wildman–Crippen MR) is 153 cm³/mol. The van der Waals surface area contributed by atoms with E-state index in [1.807, 2.05) is 78.9 Å². The molecule has 0 spiro atoms. The smallest absolute Gasteiger partial charge is 0.273 e. The Morgan fingerprint density at radius 2 is 1.38 bits per heavy atom. The molecule has 1 heterocycles. The Hall–Kier alpha value is -5.24. The zero-order valence-corrected chi connectivity index (χ0v) is 22.2. The van der Waals surface area contributed by atoms with E-state index in [0.29, 0.717) is 47.6 Å². The lowest BCUT2D eigenvalue weighted by atomic mass is 10.1. The van der Waals surface area contributed by atoms with Crippen molar-refractivity contribution < 1.29 is 23.7 Å². The van der Waals surface area contributed by atoms with Crippen molar-refractivity contribution >= 4 is 11.6 Å². The van der Waals surface area contributed by atoms with Crippen LogP contribution >= 0.6 is 0 Å². The molecule has 2 N–H and O–H groups in total. The number of nitrogens with zero attached hydrogens (tertiary/aromatic N) is 1. The highest BCUT2D eigenvalue weighted by Crippen LogP contribution is 2.34. The van der Waals surface area contributed by atoms with E-state index < -0.39 is 0 Å². The van der Waals surface area contributed by atoms with Gasteiger partial charge in [0.15, 0.2) is 0 Å². The second-order valence-electron chi connectivity index (χ2n) is 8.89. The van der Waals surface area contributed by atoms with Crippen molar-refractivity contribution in [3.05, 3.63) is 120 Å². The zero-order valence-electron chi connectivity index (χ0n) is 22.2. The highest BCUT2D eigenvalue weighted by molar-refractivity contribution is 6.04. The number of H-pyrrole nitrogens is 1. The molecule has 0 fully saturated rings. The van der Waals surface area contributed by atoms with Crippen LogP contribution in [0.3, 0.4) is 0 Å². The maximum absolute atomic E-state index is 13.0. The number of carbonyl (C=O) groups excluding carboxylic acids is 1. The van der Waals surface area contributed by atoms with Crippen molar-refractivity contribution in [2.45, 2.75) is 13.2 Å². The molecule has 1 aromatic heterocycles. The number of rotatable bonds is 11. The van der Waals surface area contributed by atoms with Crippen LogP contribution < -0.4 is 24.3 Å². The van der Waals surface area contributed by atoms with E-state index in [4.69, 9.17) is 18.9 Å². The summed E-state index contributed by atoms with van der Waals surface area (Å²) in [5, 5.41) is 10.1. The standard InChI is InChI=1S/C32H29N3O5/c1-37-24-14-16-27(31(17-24)38-2)33-32(36)29-19-28(34-35-29)26-15-13-25(39-20-22-9-5-3-6-10-22)18-30(26)40-21-23-11-7-4-8-12-23/h3-19H,20-21H2,1-2H3,(H,33,36)(H,34,35). The Morgan fingerprint density at radius 1 is 0.725 bits per heavy atom. The molecular weight excluding hydrogens is 506 g/mol. The van der Waals surface area contributed by atoms with Gasteiger partial charge in [0.25, 0.3) is 5.91 Å². The molecule has 202 valence electrons. The monoisotopic (exact) mass is 535 g/mol. The lowest BCUT2D eigenvalue weighted by Crippen LogP contribution is -2.13. The first-order chi connectivity index (χ1) is 19.6. The van der Waals surface area contributed by atoms with Crippen molar-refractivity contribution in [3.8, 4) is 34.3 Å². The van der Waals surface area contributed by atoms with Crippen LogP contribution in [-0.4, -0.2) is 30.3 Å². The van der Waals surface area contributed by atoms with Gasteiger partial charge in [-0.2, -0.15) is 5.10 Å². The Kier molecular flexibility index (Phi) is 8.26. The van der Waals surface area contributed by atoms with Gasteiger partial charge in [-0.1, -0.05) is 60.7 Å². The minimum absolute atomic E-state index is 0.284. The summed E-state index contributed by atoms with van der Waals surface area (Å²) >= 11 is 0. The Bertz CT molecular complexity index is 1570. The van der Waals surface area contributed by atoms with E-state index in [2.05, 4.69) is 15.5 Å². The molecule has 8 heteroatoms. The van der Waals surface area contributed by atoms with Gasteiger partial charge >= 0.3 is 0 Å². The van der Waals surface area contributed by atoms with Gasteiger partial charge in [-0.25, -0.2) is 0 Å². The summed E-state index contributed by atoms with van der Waals surface area (Å²) in [5.41, 5.74) is 4.17. The van der Waals surface area contributed by atoms with Crippen molar-refractivity contribution in [2.75, 3.05) is 19.5 Å². The molecule has 0 saturated carbocycles. The van der Waals surface area contributed by atoms with Gasteiger partial charge in [0.2, 0.25) is 0 Å². The van der Waals surface area contributed by atoms with Gasteiger partial charge in [0, 0.05) is 17.7 Å². The number of nitrogens with one attached hydrogen (secondary N) is 2. The summed E-state index contributed by atoms with van der Waals surface area (Å²) in [6.45, 7) is 0.796. The Morgan fingerprint density at radius 3 is 2.05 bits per heavy atom. The number of methoxy groups -OCH3 is 2. The minimum Gasteiger partial charge on any atom is -0.497 e. The normalized spacial score (nSPS) is 10.6. The van der Waals surface area contributed by atoms with Crippen LogP contribution in [0.2, 0.25) is 0 Å². The van der Waals surface area contributed by atoms with Crippen LogP contribution in [-0.2, 0) is 13.2 Å². The van der Waals surface area contributed by atoms with Gasteiger partial charge in [-0.3, -0.25) is 9.89 Å². The van der Waals surface area contributed by atoms with Crippen molar-refractivity contribution in [3.63, 3.8) is 0 Å². The molecule has 0 bridgehead atoms. The summed E-state index contributed by atoms with van der Waals surface area (Å²) in [7, 11) is 3.10. The molecule has 5 rings (SSSR count). The molecule has 0 radical (unpaired) electrons. The number of aromatic nitrogens is 2. The molecule has 0 aliphatic heterocycles. The third-order valence-electron chi connectivity index (χ3n) is 6.19. The molecule has 0 aliphatic rings. The molecule has 0 atom stereocenters. The van der Waals surface area contributed by atoms with Crippen LogP contribution in [0.4, 0.5) is 5.69 Å². The average molecular weight is 536 g/mol. The number of carbonyl (C=O) groups is 1. The van der Waals surface area contributed by atoms with Crippen LogP contribution in [0, 0.1) is 0 Å². The van der Waals surface area contributed by atoms with E-state index in [1.54, 1.807) is 31.4 Å². The fraction of sp³-hybridized carbons (Fsp3) is 0.125. The third kappa shape index (κ3) is 6.42. The second kappa shape index (κ2) is 12.5. The maximum Gasteiger partial charge on any atom is 0.273 e. The second-order valence-corrected chi connectivity index (χ2v) is 8.89. The SMILES string of the molecule is COc1ccc(NC(=O)c2cc(-c3ccc(OCc4ccccc4)cc3OCc3ccccc3)n[nH]2)c(OC)c1. The summed E-state index contributed by atoms with van der Waals surface area (Å²) in [5.74, 6) is 1.99. The number of ether oxygens (including phenoxy) is 4. The summed E-state index contributed by atoms with van der Waals surface area (Å²) in [6.07, 6.45) is 0. The Labute approximate surface area is 232 Å². The van der Waals surface area contributed by atoms with Crippen LogP contribution in [0.25, 0.3) is 11.3 Å². The first-order valence-corrected chi connectivity index (χ1v) is 12.7. The minimum atomic E-state index is -0.364. The topological polar surface area (TPSA) is 94.7 Å². The molecule has 0 unspecified atom stereocenters. The molecule has 4 aromatic carbocycles. The molecule has 8 nitrogen and oxygen atoms in total. The number of hydrogen-bond acceptors (Lipinski definition) is 6. The Balaban J connectivity index is 1.37. The maximum atomic E-state index is 13.0. The van der Waals surface area contributed by atoms with Crippen molar-refractivity contribution in [1.29, 1.82) is 0 Å². The molecule has 0 aliphatic carbocycles. The molecule has 1 amide bonds. The zero-order chi connectivity index (χ0) is 27.7. The van der Waals surface area contributed by atoms with E-state index >= 15 is 0 Å². The largest absolute Gasteiger partial charge is 0.497 e. The number of hydrogen-bond donors (Lipinski definition) is 2. The van der Waals surface area contributed by atoms with Crippen LogP contribution in [0.5, 0.6) is 23.0 Å². The highest BCUT2D eigenvalue weighted by Gasteiger charge is 2.17. The summed E-state index contributed by atoms with van der Waals surface area (Å²) in [4.78, 5) is 13.0. The first kappa shape index (κ1) is 26.4. The van der Waals surface area contributed by atoms with Gasteiger partial charge in [0.05, 0.1) is 25.6 Å². The van der Waals surface area contributed by atoms with E-state index in [9.17, 15) is 4.79 Å².